The summed E-state index contributed by atoms with van der Waals surface area (Å²) in [4.78, 5) is 11.6. The molecule has 0 bridgehead atoms. The second-order valence-electron chi connectivity index (χ2n) is 3.61. The molecule has 0 saturated carbocycles. The molecule has 1 fully saturated rings. The SMILES string of the molecule is CC(C)=CCNC(=O)C1CSCCN1. The molecule has 1 heterocycles. The lowest BCUT2D eigenvalue weighted by atomic mass is 10.3. The van der Waals surface area contributed by atoms with Crippen LogP contribution in [0.3, 0.4) is 0 Å². The molecule has 1 rings (SSSR count). The van der Waals surface area contributed by atoms with Crippen molar-refractivity contribution in [3.8, 4) is 0 Å². The molecule has 3 nitrogen and oxygen atoms in total. The molecule has 14 heavy (non-hydrogen) atoms. The minimum Gasteiger partial charge on any atom is -0.351 e. The Morgan fingerprint density at radius 1 is 1.64 bits per heavy atom. The van der Waals surface area contributed by atoms with Gasteiger partial charge in [-0.1, -0.05) is 11.6 Å². The summed E-state index contributed by atoms with van der Waals surface area (Å²) < 4.78 is 0. The largest absolute Gasteiger partial charge is 0.351 e. The summed E-state index contributed by atoms with van der Waals surface area (Å²) in [5.41, 5.74) is 1.23. The highest BCUT2D eigenvalue weighted by molar-refractivity contribution is 7.99. The Bertz CT molecular complexity index is 218. The van der Waals surface area contributed by atoms with Crippen molar-refractivity contribution >= 4 is 17.7 Å². The van der Waals surface area contributed by atoms with Crippen LogP contribution in [-0.4, -0.2) is 36.5 Å². The van der Waals surface area contributed by atoms with Gasteiger partial charge in [-0.2, -0.15) is 11.8 Å². The van der Waals surface area contributed by atoms with Gasteiger partial charge >= 0.3 is 0 Å². The molecule has 2 N–H and O–H groups in total. The summed E-state index contributed by atoms with van der Waals surface area (Å²) in [5, 5.41) is 6.10. The summed E-state index contributed by atoms with van der Waals surface area (Å²) in [6.45, 7) is 5.64. The van der Waals surface area contributed by atoms with E-state index in [1.807, 2.05) is 31.7 Å². The van der Waals surface area contributed by atoms with E-state index < -0.39 is 0 Å². The molecule has 1 aliphatic heterocycles. The van der Waals surface area contributed by atoms with Gasteiger partial charge in [0, 0.05) is 24.6 Å². The van der Waals surface area contributed by atoms with Gasteiger partial charge < -0.3 is 10.6 Å². The zero-order chi connectivity index (χ0) is 10.4. The summed E-state index contributed by atoms with van der Waals surface area (Å²) in [6.07, 6.45) is 2.02. The van der Waals surface area contributed by atoms with Crippen LogP contribution in [0, 0.1) is 0 Å². The number of rotatable bonds is 3. The van der Waals surface area contributed by atoms with Gasteiger partial charge in [-0.15, -0.1) is 0 Å². The number of thioether (sulfide) groups is 1. The van der Waals surface area contributed by atoms with Gasteiger partial charge in [-0.25, -0.2) is 0 Å². The minimum atomic E-state index is -0.000637. The maximum absolute atomic E-state index is 11.6. The van der Waals surface area contributed by atoms with E-state index in [4.69, 9.17) is 0 Å². The van der Waals surface area contributed by atoms with Crippen molar-refractivity contribution in [3.05, 3.63) is 11.6 Å². The van der Waals surface area contributed by atoms with Crippen LogP contribution in [0.1, 0.15) is 13.8 Å². The molecule has 0 spiro atoms. The topological polar surface area (TPSA) is 41.1 Å². The van der Waals surface area contributed by atoms with Gasteiger partial charge in [0.2, 0.25) is 5.91 Å². The Morgan fingerprint density at radius 2 is 2.43 bits per heavy atom. The van der Waals surface area contributed by atoms with Crippen molar-refractivity contribution in [1.29, 1.82) is 0 Å². The van der Waals surface area contributed by atoms with Gasteiger partial charge in [0.1, 0.15) is 0 Å². The Kier molecular flexibility index (Phi) is 5.04. The highest BCUT2D eigenvalue weighted by Gasteiger charge is 2.19. The van der Waals surface area contributed by atoms with Crippen LogP contribution in [0.4, 0.5) is 0 Å². The van der Waals surface area contributed by atoms with E-state index in [-0.39, 0.29) is 11.9 Å². The van der Waals surface area contributed by atoms with E-state index in [1.54, 1.807) is 0 Å². The number of allylic oxidation sites excluding steroid dienone is 1. The van der Waals surface area contributed by atoms with Gasteiger partial charge in [0.25, 0.3) is 0 Å². The van der Waals surface area contributed by atoms with E-state index >= 15 is 0 Å². The van der Waals surface area contributed by atoms with Crippen molar-refractivity contribution in [2.75, 3.05) is 24.6 Å². The van der Waals surface area contributed by atoms with Crippen LogP contribution in [0.5, 0.6) is 0 Å². The Labute approximate surface area is 89.7 Å². The number of carbonyl (C=O) groups is 1. The number of hydrogen-bond acceptors (Lipinski definition) is 3. The zero-order valence-corrected chi connectivity index (χ0v) is 9.62. The molecule has 0 aromatic rings. The van der Waals surface area contributed by atoms with Gasteiger partial charge in [0.15, 0.2) is 0 Å². The highest BCUT2D eigenvalue weighted by atomic mass is 32.2. The predicted molar refractivity (Wildman–Crippen MR) is 61.6 cm³/mol. The first-order valence-electron chi connectivity index (χ1n) is 4.92. The molecule has 0 aromatic heterocycles. The average Bonchev–Trinajstić information content (AvgIpc) is 2.18. The highest BCUT2D eigenvalue weighted by Crippen LogP contribution is 2.07. The second kappa shape index (κ2) is 6.09. The smallest absolute Gasteiger partial charge is 0.238 e. The second-order valence-corrected chi connectivity index (χ2v) is 4.76. The molecule has 4 heteroatoms. The fourth-order valence-corrected chi connectivity index (χ4v) is 2.15. The van der Waals surface area contributed by atoms with Crippen molar-refractivity contribution in [2.45, 2.75) is 19.9 Å². The summed E-state index contributed by atoms with van der Waals surface area (Å²) in [6, 6.07) is -0.000637. The summed E-state index contributed by atoms with van der Waals surface area (Å²) in [7, 11) is 0. The van der Waals surface area contributed by atoms with E-state index in [2.05, 4.69) is 10.6 Å². The van der Waals surface area contributed by atoms with Crippen molar-refractivity contribution in [3.63, 3.8) is 0 Å². The van der Waals surface area contributed by atoms with Gasteiger partial charge in [0.05, 0.1) is 6.04 Å². The van der Waals surface area contributed by atoms with Crippen LogP contribution < -0.4 is 10.6 Å². The van der Waals surface area contributed by atoms with E-state index in [1.165, 1.54) is 5.57 Å². The van der Waals surface area contributed by atoms with E-state index in [0.717, 1.165) is 18.1 Å². The molecule has 1 atom stereocenters. The molecule has 1 unspecified atom stereocenters. The number of nitrogens with one attached hydrogen (secondary N) is 2. The molecule has 80 valence electrons. The van der Waals surface area contributed by atoms with Crippen molar-refractivity contribution in [2.24, 2.45) is 0 Å². The Hall–Kier alpha value is -0.480. The fraction of sp³-hybridized carbons (Fsp3) is 0.700. The molecule has 0 radical (unpaired) electrons. The first-order chi connectivity index (χ1) is 6.70. The summed E-state index contributed by atoms with van der Waals surface area (Å²) in [5.74, 6) is 2.12. The lowest BCUT2D eigenvalue weighted by molar-refractivity contribution is -0.122. The van der Waals surface area contributed by atoms with Crippen molar-refractivity contribution in [1.82, 2.24) is 10.6 Å². The number of carbonyl (C=O) groups excluding carboxylic acids is 1. The van der Waals surface area contributed by atoms with Crippen LogP contribution >= 0.6 is 11.8 Å². The maximum Gasteiger partial charge on any atom is 0.238 e. The van der Waals surface area contributed by atoms with Crippen LogP contribution in [0.25, 0.3) is 0 Å². The van der Waals surface area contributed by atoms with E-state index in [0.29, 0.717) is 6.54 Å². The fourth-order valence-electron chi connectivity index (χ4n) is 1.21. The maximum atomic E-state index is 11.6. The van der Waals surface area contributed by atoms with Crippen LogP contribution in [-0.2, 0) is 4.79 Å². The number of hydrogen-bond donors (Lipinski definition) is 2. The molecular weight excluding hydrogens is 196 g/mol. The quantitative estimate of drug-likeness (QED) is 0.682. The lowest BCUT2D eigenvalue weighted by Crippen LogP contribution is -2.48. The third kappa shape index (κ3) is 4.15. The molecule has 0 aromatic carbocycles. The molecule has 1 saturated heterocycles. The Balaban J connectivity index is 2.23. The van der Waals surface area contributed by atoms with Gasteiger partial charge in [-0.3, -0.25) is 4.79 Å². The third-order valence-corrected chi connectivity index (χ3v) is 3.09. The summed E-state index contributed by atoms with van der Waals surface area (Å²) >= 11 is 1.83. The first kappa shape index (κ1) is 11.6. The molecule has 1 amide bonds. The van der Waals surface area contributed by atoms with Crippen LogP contribution in [0.15, 0.2) is 11.6 Å². The predicted octanol–water partition coefficient (Wildman–Crippen LogP) is 0.774. The third-order valence-electron chi connectivity index (χ3n) is 2.02. The molecular formula is C10H18N2OS. The monoisotopic (exact) mass is 214 g/mol. The van der Waals surface area contributed by atoms with Crippen molar-refractivity contribution < 1.29 is 4.79 Å². The number of amides is 1. The van der Waals surface area contributed by atoms with E-state index in [9.17, 15) is 4.79 Å². The first-order valence-corrected chi connectivity index (χ1v) is 6.08. The minimum absolute atomic E-state index is 0.000637. The molecule has 0 aliphatic carbocycles. The lowest BCUT2D eigenvalue weighted by Gasteiger charge is -2.21. The van der Waals surface area contributed by atoms with Crippen LogP contribution in [0.2, 0.25) is 0 Å². The normalized spacial score (nSPS) is 21.4. The average molecular weight is 214 g/mol. The Morgan fingerprint density at radius 3 is 3.00 bits per heavy atom. The van der Waals surface area contributed by atoms with Gasteiger partial charge in [-0.05, 0) is 13.8 Å². The zero-order valence-electron chi connectivity index (χ0n) is 8.80. The molecule has 1 aliphatic rings. The standard InChI is InChI=1S/C10H18N2OS/c1-8(2)3-4-12-10(13)9-7-14-6-5-11-9/h3,9,11H,4-7H2,1-2H3,(H,12,13).